The van der Waals surface area contributed by atoms with Crippen LogP contribution in [0.25, 0.3) is 0 Å². The van der Waals surface area contributed by atoms with Gasteiger partial charge in [-0.2, -0.15) is 18.2 Å². The second-order valence-electron chi connectivity index (χ2n) is 6.85. The lowest BCUT2D eigenvalue weighted by Gasteiger charge is -2.15. The van der Waals surface area contributed by atoms with Crippen LogP contribution in [0, 0.1) is 6.92 Å². The first-order chi connectivity index (χ1) is 13.2. The van der Waals surface area contributed by atoms with Gasteiger partial charge in [-0.05, 0) is 48.2 Å². The summed E-state index contributed by atoms with van der Waals surface area (Å²) in [4.78, 5) is 7.89. The van der Waals surface area contributed by atoms with E-state index in [0.29, 0.717) is 17.3 Å². The van der Waals surface area contributed by atoms with Crippen molar-refractivity contribution in [3.05, 3.63) is 71.4 Å². The highest BCUT2D eigenvalue weighted by molar-refractivity contribution is 5.63. The van der Waals surface area contributed by atoms with Crippen molar-refractivity contribution in [2.45, 2.75) is 32.9 Å². The Balaban J connectivity index is 1.92. The van der Waals surface area contributed by atoms with Gasteiger partial charge < -0.3 is 10.6 Å². The molecule has 3 aromatic rings. The van der Waals surface area contributed by atoms with Crippen molar-refractivity contribution in [1.82, 2.24) is 9.97 Å². The first-order valence-electron chi connectivity index (χ1n) is 8.87. The molecule has 0 saturated heterocycles. The maximum Gasteiger partial charge on any atom is 0.421 e. The van der Waals surface area contributed by atoms with Crippen molar-refractivity contribution >= 4 is 23.1 Å². The Bertz CT molecular complexity index is 951. The van der Waals surface area contributed by atoms with E-state index in [9.17, 15) is 13.2 Å². The van der Waals surface area contributed by atoms with Crippen LogP contribution < -0.4 is 10.6 Å². The monoisotopic (exact) mass is 386 g/mol. The highest BCUT2D eigenvalue weighted by atomic mass is 19.4. The van der Waals surface area contributed by atoms with Crippen LogP contribution >= 0.6 is 0 Å². The van der Waals surface area contributed by atoms with Gasteiger partial charge in [0.05, 0.1) is 0 Å². The molecule has 0 aliphatic heterocycles. The smallest absolute Gasteiger partial charge is 0.340 e. The molecule has 0 aliphatic carbocycles. The molecule has 0 spiro atoms. The maximum atomic E-state index is 13.4. The molecule has 7 heteroatoms. The van der Waals surface area contributed by atoms with Crippen molar-refractivity contribution in [2.24, 2.45) is 0 Å². The van der Waals surface area contributed by atoms with Crippen molar-refractivity contribution in [1.29, 1.82) is 0 Å². The van der Waals surface area contributed by atoms with E-state index in [4.69, 9.17) is 0 Å². The van der Waals surface area contributed by atoms with E-state index in [1.807, 2.05) is 37.3 Å². The van der Waals surface area contributed by atoms with Crippen molar-refractivity contribution in [3.8, 4) is 0 Å². The van der Waals surface area contributed by atoms with Gasteiger partial charge in [0.15, 0.2) is 0 Å². The van der Waals surface area contributed by atoms with Gasteiger partial charge in [0.1, 0.15) is 11.4 Å². The molecule has 2 N–H and O–H groups in total. The van der Waals surface area contributed by atoms with Crippen LogP contribution in [0.4, 0.5) is 36.3 Å². The lowest BCUT2D eigenvalue weighted by Crippen LogP contribution is -2.12. The third kappa shape index (κ3) is 4.79. The maximum absolute atomic E-state index is 13.4. The zero-order valence-corrected chi connectivity index (χ0v) is 15.8. The molecule has 28 heavy (non-hydrogen) atoms. The van der Waals surface area contributed by atoms with Gasteiger partial charge >= 0.3 is 6.18 Å². The summed E-state index contributed by atoms with van der Waals surface area (Å²) in [6.07, 6.45) is -3.78. The fraction of sp³-hybridized carbons (Fsp3) is 0.238. The third-order valence-corrected chi connectivity index (χ3v) is 4.21. The molecule has 4 nitrogen and oxygen atoms in total. The normalized spacial score (nSPS) is 11.5. The summed E-state index contributed by atoms with van der Waals surface area (Å²) in [7, 11) is 0. The Morgan fingerprint density at radius 1 is 0.929 bits per heavy atom. The molecule has 1 aromatic heterocycles. The highest BCUT2D eigenvalue weighted by Crippen LogP contribution is 2.35. The number of aromatic nitrogens is 2. The zero-order valence-electron chi connectivity index (χ0n) is 15.8. The number of hydrogen-bond acceptors (Lipinski definition) is 4. The molecule has 3 rings (SSSR count). The third-order valence-electron chi connectivity index (χ3n) is 4.21. The number of anilines is 4. The van der Waals surface area contributed by atoms with Crippen molar-refractivity contribution in [2.75, 3.05) is 10.6 Å². The second-order valence-corrected chi connectivity index (χ2v) is 6.85. The molecule has 0 radical (unpaired) electrons. The van der Waals surface area contributed by atoms with Crippen molar-refractivity contribution in [3.63, 3.8) is 0 Å². The largest absolute Gasteiger partial charge is 0.421 e. The highest BCUT2D eigenvalue weighted by Gasteiger charge is 2.35. The Hall–Kier alpha value is -3.09. The summed E-state index contributed by atoms with van der Waals surface area (Å²) in [6.45, 7) is 6.03. The fourth-order valence-electron chi connectivity index (χ4n) is 2.68. The topological polar surface area (TPSA) is 49.8 Å². The average molecular weight is 386 g/mol. The molecule has 0 aliphatic rings. The minimum absolute atomic E-state index is 0.0832. The fourth-order valence-corrected chi connectivity index (χ4v) is 2.68. The Morgan fingerprint density at radius 3 is 2.25 bits per heavy atom. The summed E-state index contributed by atoms with van der Waals surface area (Å²) < 4.78 is 40.2. The first-order valence-corrected chi connectivity index (χ1v) is 8.87. The SMILES string of the molecule is Cc1cccc(Nc2ncc(C(F)(F)F)c(Nc3ccc(C(C)C)cc3)n2)c1. The molecule has 0 atom stereocenters. The Kier molecular flexibility index (Phi) is 5.53. The van der Waals surface area contributed by atoms with Crippen LogP contribution in [0.5, 0.6) is 0 Å². The van der Waals surface area contributed by atoms with Gasteiger partial charge in [-0.25, -0.2) is 4.98 Å². The molecule has 1 heterocycles. The van der Waals surface area contributed by atoms with E-state index >= 15 is 0 Å². The summed E-state index contributed by atoms with van der Waals surface area (Å²) in [6, 6.07) is 14.7. The molecular weight excluding hydrogens is 365 g/mol. The first kappa shape index (κ1) is 19.7. The molecule has 0 unspecified atom stereocenters. The number of alkyl halides is 3. The molecule has 146 valence electrons. The van der Waals surface area contributed by atoms with E-state index in [-0.39, 0.29) is 11.8 Å². The summed E-state index contributed by atoms with van der Waals surface area (Å²) >= 11 is 0. The van der Waals surface area contributed by atoms with Crippen molar-refractivity contribution < 1.29 is 13.2 Å². The van der Waals surface area contributed by atoms with Crippen LogP contribution in [0.3, 0.4) is 0 Å². The Morgan fingerprint density at radius 2 is 1.64 bits per heavy atom. The summed E-state index contributed by atoms with van der Waals surface area (Å²) in [5.74, 6) is 0.124. The molecule has 0 fully saturated rings. The standard InChI is InChI=1S/C21H21F3N4/c1-13(2)15-7-9-16(10-8-15)26-19-18(21(22,23)24)12-25-20(28-19)27-17-6-4-5-14(3)11-17/h4-13H,1-3H3,(H2,25,26,27,28). The quantitative estimate of drug-likeness (QED) is 0.532. The van der Waals surface area contributed by atoms with Crippen LogP contribution in [-0.2, 0) is 6.18 Å². The molecule has 0 bridgehead atoms. The van der Waals surface area contributed by atoms with Crippen LogP contribution in [0.2, 0.25) is 0 Å². The lowest BCUT2D eigenvalue weighted by molar-refractivity contribution is -0.137. The van der Waals surface area contributed by atoms with Crippen LogP contribution in [-0.4, -0.2) is 9.97 Å². The van der Waals surface area contributed by atoms with E-state index in [1.54, 1.807) is 18.2 Å². The molecule has 0 saturated carbocycles. The van der Waals surface area contributed by atoms with E-state index < -0.39 is 11.7 Å². The number of aryl methyl sites for hydroxylation is 1. The number of nitrogens with zero attached hydrogens (tertiary/aromatic N) is 2. The predicted octanol–water partition coefficient (Wildman–Crippen LogP) is 6.41. The van der Waals surface area contributed by atoms with Gasteiger partial charge in [0.2, 0.25) is 5.95 Å². The van der Waals surface area contributed by atoms with Crippen LogP contribution in [0.1, 0.15) is 36.5 Å². The van der Waals surface area contributed by atoms with E-state index in [1.165, 1.54) is 0 Å². The van der Waals surface area contributed by atoms with Crippen LogP contribution in [0.15, 0.2) is 54.7 Å². The number of nitrogens with one attached hydrogen (secondary N) is 2. The molecule has 0 amide bonds. The van der Waals surface area contributed by atoms with E-state index in [0.717, 1.165) is 17.3 Å². The van der Waals surface area contributed by atoms with Gasteiger partial charge in [0.25, 0.3) is 0 Å². The average Bonchev–Trinajstić information content (AvgIpc) is 2.61. The minimum Gasteiger partial charge on any atom is -0.340 e. The number of rotatable bonds is 5. The van der Waals surface area contributed by atoms with Gasteiger partial charge in [-0.3, -0.25) is 0 Å². The lowest BCUT2D eigenvalue weighted by atomic mass is 10.0. The molecular formula is C21H21F3N4. The number of benzene rings is 2. The second kappa shape index (κ2) is 7.88. The molecule has 2 aromatic carbocycles. The van der Waals surface area contributed by atoms with Gasteiger partial charge in [0, 0.05) is 17.6 Å². The zero-order chi connectivity index (χ0) is 20.3. The predicted molar refractivity (Wildman–Crippen MR) is 105 cm³/mol. The summed E-state index contributed by atoms with van der Waals surface area (Å²) in [5.41, 5.74) is 2.42. The van der Waals surface area contributed by atoms with Gasteiger partial charge in [-0.15, -0.1) is 0 Å². The Labute approximate surface area is 161 Å². The van der Waals surface area contributed by atoms with E-state index in [2.05, 4.69) is 34.4 Å². The number of halogens is 3. The van der Waals surface area contributed by atoms with Gasteiger partial charge in [-0.1, -0.05) is 38.1 Å². The summed E-state index contributed by atoms with van der Waals surface area (Å²) in [5, 5.41) is 5.72. The minimum atomic E-state index is -4.57. The number of hydrogen-bond donors (Lipinski definition) is 2.